The van der Waals surface area contributed by atoms with Crippen LogP contribution in [0.25, 0.3) is 22.0 Å². The number of nitrogens with zero attached hydrogens (tertiary/aromatic N) is 4. The van der Waals surface area contributed by atoms with E-state index in [9.17, 15) is 19.4 Å². The van der Waals surface area contributed by atoms with Gasteiger partial charge in [-0.25, -0.2) is 9.00 Å². The maximum Gasteiger partial charge on any atom is 0.412 e. The number of anilines is 1. The highest BCUT2D eigenvalue weighted by molar-refractivity contribution is 7.78. The first-order valence-electron chi connectivity index (χ1n) is 10.3. The zero-order valence-corrected chi connectivity index (χ0v) is 18.9. The number of benzene rings is 3. The molecule has 4 rings (SSSR count). The summed E-state index contributed by atoms with van der Waals surface area (Å²) >= 11 is -1.92. The van der Waals surface area contributed by atoms with Crippen LogP contribution < -0.4 is 4.90 Å². The number of nitriles is 1. The van der Waals surface area contributed by atoms with Gasteiger partial charge in [-0.3, -0.25) is 4.90 Å². The van der Waals surface area contributed by atoms with Crippen LogP contribution in [0, 0.1) is 11.3 Å². The van der Waals surface area contributed by atoms with Gasteiger partial charge in [0.05, 0.1) is 23.0 Å². The molecule has 0 aliphatic carbocycles. The largest absolute Gasteiger partial charge is 0.465 e. The number of amides is 1. The molecule has 0 aliphatic rings. The van der Waals surface area contributed by atoms with Gasteiger partial charge < -0.3 is 9.66 Å². The average Bonchev–Trinajstić information content (AvgIpc) is 2.84. The van der Waals surface area contributed by atoms with Crippen LogP contribution in [0.3, 0.4) is 0 Å². The Balaban J connectivity index is 1.81. The Morgan fingerprint density at radius 2 is 1.74 bits per heavy atom. The second-order valence-electron chi connectivity index (χ2n) is 7.64. The van der Waals surface area contributed by atoms with Crippen molar-refractivity contribution in [2.75, 3.05) is 4.90 Å². The Morgan fingerprint density at radius 3 is 2.35 bits per heavy atom. The van der Waals surface area contributed by atoms with E-state index < -0.39 is 23.2 Å². The van der Waals surface area contributed by atoms with E-state index in [1.54, 1.807) is 31.2 Å². The van der Waals surface area contributed by atoms with Crippen LogP contribution in [0.4, 0.5) is 10.5 Å². The minimum Gasteiger partial charge on any atom is -0.465 e. The molecule has 0 radical (unpaired) electrons. The van der Waals surface area contributed by atoms with Crippen LogP contribution in [0.15, 0.2) is 72.8 Å². The summed E-state index contributed by atoms with van der Waals surface area (Å²) < 4.78 is 20.1. The Bertz CT molecular complexity index is 1420. The number of carbonyl (C=O) groups is 1. The Morgan fingerprint density at radius 1 is 1.06 bits per heavy atom. The molecule has 3 aromatic carbocycles. The number of hydrogen-bond acceptors (Lipinski definition) is 5. The number of carboxylic acid groups (broad SMARTS) is 1. The van der Waals surface area contributed by atoms with E-state index >= 15 is 0 Å². The zero-order chi connectivity index (χ0) is 24.2. The van der Waals surface area contributed by atoms with Crippen molar-refractivity contribution < 1.29 is 18.7 Å². The maximum absolute atomic E-state index is 12.4. The fourth-order valence-electron chi connectivity index (χ4n) is 3.86. The van der Waals surface area contributed by atoms with Crippen molar-refractivity contribution in [2.24, 2.45) is 0 Å². The van der Waals surface area contributed by atoms with E-state index in [0.717, 1.165) is 27.2 Å². The highest BCUT2D eigenvalue weighted by atomic mass is 32.2. The van der Waals surface area contributed by atoms with E-state index in [1.807, 2.05) is 54.6 Å². The van der Waals surface area contributed by atoms with Gasteiger partial charge in [0.25, 0.3) is 0 Å². The molecule has 1 unspecified atom stereocenters. The van der Waals surface area contributed by atoms with E-state index in [1.165, 1.54) is 0 Å². The molecule has 0 bridgehead atoms. The molecular weight excluding hydrogens is 452 g/mol. The van der Waals surface area contributed by atoms with Crippen LogP contribution in [0.2, 0.25) is 0 Å². The van der Waals surface area contributed by atoms with Gasteiger partial charge in [0.1, 0.15) is 6.07 Å². The molecule has 0 saturated carbocycles. The van der Waals surface area contributed by atoms with Gasteiger partial charge in [-0.05, 0) is 41.3 Å². The molecule has 4 aromatic rings. The van der Waals surface area contributed by atoms with Crippen LogP contribution in [-0.4, -0.2) is 30.2 Å². The van der Waals surface area contributed by atoms with Gasteiger partial charge in [-0.2, -0.15) is 5.26 Å². The third kappa shape index (κ3) is 4.64. The smallest absolute Gasteiger partial charge is 0.412 e. The summed E-state index contributed by atoms with van der Waals surface area (Å²) in [5.74, 6) is 0.0500. The topological polar surface area (TPSA) is 127 Å². The average molecular weight is 473 g/mol. The first-order chi connectivity index (χ1) is 16.4. The summed E-state index contributed by atoms with van der Waals surface area (Å²) in [6.07, 6.45) is -1.21. The van der Waals surface area contributed by atoms with Gasteiger partial charge >= 0.3 is 6.09 Å². The zero-order valence-electron chi connectivity index (χ0n) is 18.1. The van der Waals surface area contributed by atoms with Crippen molar-refractivity contribution in [3.8, 4) is 17.2 Å². The Labute approximate surface area is 198 Å². The van der Waals surface area contributed by atoms with Crippen molar-refractivity contribution >= 4 is 33.8 Å². The molecule has 2 atom stereocenters. The van der Waals surface area contributed by atoms with Crippen molar-refractivity contribution in [2.45, 2.75) is 18.7 Å². The lowest BCUT2D eigenvalue weighted by atomic mass is 10.0. The van der Waals surface area contributed by atoms with Crippen LogP contribution >= 0.6 is 0 Å². The minimum atomic E-state index is -1.92. The lowest BCUT2D eigenvalue weighted by Gasteiger charge is -2.28. The number of fused-ring (bicyclic) bond motifs is 1. The molecular formula is C25H20N4O4S. The van der Waals surface area contributed by atoms with Crippen LogP contribution in [-0.2, 0) is 16.8 Å². The first-order valence-corrected chi connectivity index (χ1v) is 11.6. The second kappa shape index (κ2) is 9.79. The molecule has 0 saturated heterocycles. The van der Waals surface area contributed by atoms with Crippen LogP contribution in [0.1, 0.15) is 29.8 Å². The predicted octanol–water partition coefficient (Wildman–Crippen LogP) is 5.14. The predicted molar refractivity (Wildman–Crippen MR) is 130 cm³/mol. The van der Waals surface area contributed by atoms with E-state index in [0.29, 0.717) is 10.9 Å². The second-order valence-corrected chi connectivity index (χ2v) is 8.57. The van der Waals surface area contributed by atoms with E-state index in [4.69, 9.17) is 4.55 Å². The Kier molecular flexibility index (Phi) is 6.63. The molecule has 8 nitrogen and oxygen atoms in total. The Hall–Kier alpha value is -4.13. The summed E-state index contributed by atoms with van der Waals surface area (Å²) in [4.78, 5) is 13.5. The summed E-state index contributed by atoms with van der Waals surface area (Å²) in [6, 6.07) is 23.1. The fourth-order valence-corrected chi connectivity index (χ4v) is 4.34. The van der Waals surface area contributed by atoms with E-state index in [2.05, 4.69) is 10.2 Å². The standard InChI is InChI=1S/C25H20N4O4S/c1-16(18-5-3-2-4-6-18)29(25(30)31)24-21-12-11-20(13-22(21)27-28-23(24)14-26)19-9-7-17(8-10-19)15-34(32)33/h2-13,16H,15H2,1H3,(H,30,31)(H,32,33)/t16-/m1/s1. The molecule has 1 aromatic heterocycles. The number of hydrogen-bond donors (Lipinski definition) is 2. The summed E-state index contributed by atoms with van der Waals surface area (Å²) in [5, 5.41) is 28.4. The maximum atomic E-state index is 12.4. The SMILES string of the molecule is C[C@H](c1ccccc1)N(C(=O)O)c1c(C#N)nnc2cc(-c3ccc(CS(=O)O)cc3)ccc12. The number of rotatable bonds is 6. The molecule has 34 heavy (non-hydrogen) atoms. The van der Waals surface area contributed by atoms with Gasteiger partial charge in [-0.15, -0.1) is 10.2 Å². The quantitative estimate of drug-likeness (QED) is 0.372. The molecule has 9 heteroatoms. The monoisotopic (exact) mass is 472 g/mol. The molecule has 0 fully saturated rings. The number of aromatic nitrogens is 2. The van der Waals surface area contributed by atoms with Gasteiger partial charge in [0, 0.05) is 5.39 Å². The van der Waals surface area contributed by atoms with Gasteiger partial charge in [0.2, 0.25) is 0 Å². The first kappa shape index (κ1) is 23.0. The molecule has 0 aliphatic heterocycles. The molecule has 0 spiro atoms. The fraction of sp³-hybridized carbons (Fsp3) is 0.120. The van der Waals surface area contributed by atoms with Crippen molar-refractivity contribution in [3.63, 3.8) is 0 Å². The summed E-state index contributed by atoms with van der Waals surface area (Å²) in [6.45, 7) is 1.76. The molecule has 2 N–H and O–H groups in total. The van der Waals surface area contributed by atoms with Crippen LogP contribution in [0.5, 0.6) is 0 Å². The molecule has 1 heterocycles. The lowest BCUT2D eigenvalue weighted by Crippen LogP contribution is -2.33. The van der Waals surface area contributed by atoms with Gasteiger partial charge in [0.15, 0.2) is 16.8 Å². The highest BCUT2D eigenvalue weighted by Crippen LogP contribution is 2.36. The van der Waals surface area contributed by atoms with Crippen molar-refractivity contribution in [1.29, 1.82) is 5.26 Å². The third-order valence-electron chi connectivity index (χ3n) is 5.53. The molecule has 1 amide bonds. The minimum absolute atomic E-state index is 0.0500. The highest BCUT2D eigenvalue weighted by Gasteiger charge is 2.28. The third-order valence-corrected chi connectivity index (χ3v) is 6.11. The summed E-state index contributed by atoms with van der Waals surface area (Å²) in [5.41, 5.74) is 3.73. The van der Waals surface area contributed by atoms with Gasteiger partial charge in [-0.1, -0.05) is 60.7 Å². The lowest BCUT2D eigenvalue weighted by molar-refractivity contribution is 0.199. The normalized spacial score (nSPS) is 12.6. The molecule has 170 valence electrons. The summed E-state index contributed by atoms with van der Waals surface area (Å²) in [7, 11) is 0. The van der Waals surface area contributed by atoms with Crippen molar-refractivity contribution in [1.82, 2.24) is 10.2 Å². The van der Waals surface area contributed by atoms with Crippen molar-refractivity contribution in [3.05, 3.63) is 89.6 Å². The van der Waals surface area contributed by atoms with E-state index in [-0.39, 0.29) is 17.1 Å².